The molecule has 1 aliphatic heterocycles. The number of carbonyl (C=O) groups excluding carboxylic acids is 2. The second kappa shape index (κ2) is 5.60. The van der Waals surface area contributed by atoms with Crippen LogP contribution in [-0.2, 0) is 4.79 Å². The van der Waals surface area contributed by atoms with E-state index in [-0.39, 0.29) is 17.7 Å². The SMILES string of the molecule is CNC(=O)C1CCN(C(=O)c2cccc3cc[nH]c23)CC1. The number of fused-ring (bicyclic) bond motifs is 1. The lowest BCUT2D eigenvalue weighted by atomic mass is 9.95. The van der Waals surface area contributed by atoms with Gasteiger partial charge in [-0.1, -0.05) is 12.1 Å². The Morgan fingerprint density at radius 3 is 2.71 bits per heavy atom. The van der Waals surface area contributed by atoms with Crippen LogP contribution in [0, 0.1) is 5.92 Å². The number of rotatable bonds is 2. The van der Waals surface area contributed by atoms with E-state index < -0.39 is 0 Å². The number of hydrogen-bond donors (Lipinski definition) is 2. The van der Waals surface area contributed by atoms with Gasteiger partial charge in [-0.2, -0.15) is 0 Å². The molecule has 1 saturated heterocycles. The molecule has 21 heavy (non-hydrogen) atoms. The van der Waals surface area contributed by atoms with Crippen molar-refractivity contribution in [1.82, 2.24) is 15.2 Å². The van der Waals surface area contributed by atoms with Crippen LogP contribution in [0.4, 0.5) is 0 Å². The van der Waals surface area contributed by atoms with Gasteiger partial charge in [0.1, 0.15) is 0 Å². The molecule has 1 fully saturated rings. The molecular formula is C16H19N3O2. The lowest BCUT2D eigenvalue weighted by Crippen LogP contribution is -2.42. The van der Waals surface area contributed by atoms with Crippen LogP contribution in [0.3, 0.4) is 0 Å². The monoisotopic (exact) mass is 285 g/mol. The summed E-state index contributed by atoms with van der Waals surface area (Å²) in [7, 11) is 1.66. The van der Waals surface area contributed by atoms with Gasteiger partial charge in [0, 0.05) is 37.6 Å². The van der Waals surface area contributed by atoms with Crippen LogP contribution in [0.15, 0.2) is 30.5 Å². The summed E-state index contributed by atoms with van der Waals surface area (Å²) in [4.78, 5) is 29.3. The molecule has 1 aromatic heterocycles. The molecular weight excluding hydrogens is 266 g/mol. The van der Waals surface area contributed by atoms with Crippen molar-refractivity contribution in [3.63, 3.8) is 0 Å². The number of para-hydroxylation sites is 1. The minimum absolute atomic E-state index is 0.0281. The molecule has 2 aromatic rings. The summed E-state index contributed by atoms with van der Waals surface area (Å²) in [6.07, 6.45) is 3.30. The van der Waals surface area contributed by atoms with Crippen LogP contribution in [0.1, 0.15) is 23.2 Å². The van der Waals surface area contributed by atoms with Gasteiger partial charge in [-0.25, -0.2) is 0 Å². The van der Waals surface area contributed by atoms with Crippen LogP contribution in [0.5, 0.6) is 0 Å². The van der Waals surface area contributed by atoms with E-state index in [0.29, 0.717) is 18.7 Å². The van der Waals surface area contributed by atoms with E-state index in [9.17, 15) is 9.59 Å². The number of amides is 2. The highest BCUT2D eigenvalue weighted by Crippen LogP contribution is 2.22. The van der Waals surface area contributed by atoms with Gasteiger partial charge in [0.05, 0.1) is 11.1 Å². The van der Waals surface area contributed by atoms with Crippen molar-refractivity contribution in [3.8, 4) is 0 Å². The first kappa shape index (κ1) is 13.7. The van der Waals surface area contributed by atoms with Gasteiger partial charge in [-0.05, 0) is 25.0 Å². The Labute approximate surface area is 123 Å². The zero-order chi connectivity index (χ0) is 14.8. The molecule has 0 aliphatic carbocycles. The van der Waals surface area contributed by atoms with E-state index in [2.05, 4.69) is 10.3 Å². The Morgan fingerprint density at radius 2 is 2.00 bits per heavy atom. The summed E-state index contributed by atoms with van der Waals surface area (Å²) < 4.78 is 0. The molecule has 2 N–H and O–H groups in total. The molecule has 2 heterocycles. The van der Waals surface area contributed by atoms with Crippen molar-refractivity contribution in [3.05, 3.63) is 36.0 Å². The van der Waals surface area contributed by atoms with Crippen molar-refractivity contribution in [1.29, 1.82) is 0 Å². The molecule has 0 bridgehead atoms. The fourth-order valence-corrected chi connectivity index (χ4v) is 2.98. The first-order valence-electron chi connectivity index (χ1n) is 7.27. The third kappa shape index (κ3) is 2.51. The van der Waals surface area contributed by atoms with E-state index >= 15 is 0 Å². The first-order valence-corrected chi connectivity index (χ1v) is 7.27. The standard InChI is InChI=1S/C16H19N3O2/c1-17-15(20)12-6-9-19(10-7-12)16(21)13-4-2-3-11-5-8-18-14(11)13/h2-5,8,12,18H,6-7,9-10H2,1H3,(H,17,20). The number of hydrogen-bond acceptors (Lipinski definition) is 2. The Kier molecular flexibility index (Phi) is 3.64. The molecule has 0 atom stereocenters. The van der Waals surface area contributed by atoms with E-state index in [1.54, 1.807) is 7.05 Å². The van der Waals surface area contributed by atoms with Gasteiger partial charge in [0.2, 0.25) is 5.91 Å². The van der Waals surface area contributed by atoms with Crippen molar-refractivity contribution >= 4 is 22.7 Å². The number of nitrogens with one attached hydrogen (secondary N) is 2. The third-order valence-electron chi connectivity index (χ3n) is 4.22. The maximum absolute atomic E-state index is 12.7. The smallest absolute Gasteiger partial charge is 0.255 e. The predicted molar refractivity (Wildman–Crippen MR) is 81.0 cm³/mol. The molecule has 5 nitrogen and oxygen atoms in total. The van der Waals surface area contributed by atoms with Gasteiger partial charge in [-0.15, -0.1) is 0 Å². The Morgan fingerprint density at radius 1 is 1.24 bits per heavy atom. The van der Waals surface area contributed by atoms with Gasteiger partial charge >= 0.3 is 0 Å². The minimum Gasteiger partial charge on any atom is -0.361 e. The van der Waals surface area contributed by atoms with Crippen LogP contribution in [0.2, 0.25) is 0 Å². The van der Waals surface area contributed by atoms with Crippen LogP contribution >= 0.6 is 0 Å². The normalized spacial score (nSPS) is 16.1. The maximum Gasteiger partial charge on any atom is 0.255 e. The Hall–Kier alpha value is -2.30. The lowest BCUT2D eigenvalue weighted by Gasteiger charge is -2.31. The molecule has 0 radical (unpaired) electrons. The highest BCUT2D eigenvalue weighted by atomic mass is 16.2. The molecule has 0 unspecified atom stereocenters. The number of aromatic nitrogens is 1. The molecule has 1 aromatic carbocycles. The second-order valence-electron chi connectivity index (χ2n) is 5.43. The van der Waals surface area contributed by atoms with Crippen LogP contribution < -0.4 is 5.32 Å². The number of benzene rings is 1. The minimum atomic E-state index is 0.0281. The fraction of sp³-hybridized carbons (Fsp3) is 0.375. The number of piperidine rings is 1. The summed E-state index contributed by atoms with van der Waals surface area (Å²) in [5, 5.41) is 3.73. The Balaban J connectivity index is 1.75. The quantitative estimate of drug-likeness (QED) is 0.883. The summed E-state index contributed by atoms with van der Waals surface area (Å²) in [5.41, 5.74) is 1.59. The number of likely N-dealkylation sites (tertiary alicyclic amines) is 1. The molecule has 5 heteroatoms. The number of H-pyrrole nitrogens is 1. The summed E-state index contributed by atoms with van der Waals surface area (Å²) in [5.74, 6) is 0.146. The van der Waals surface area contributed by atoms with Gasteiger partial charge in [0.25, 0.3) is 5.91 Å². The topological polar surface area (TPSA) is 65.2 Å². The average Bonchev–Trinajstić information content (AvgIpc) is 3.02. The molecule has 2 amide bonds. The maximum atomic E-state index is 12.7. The highest BCUT2D eigenvalue weighted by molar-refractivity contribution is 6.05. The number of carbonyl (C=O) groups is 2. The lowest BCUT2D eigenvalue weighted by molar-refractivity contribution is -0.125. The van der Waals surface area contributed by atoms with Gasteiger partial charge in [0.15, 0.2) is 0 Å². The van der Waals surface area contributed by atoms with E-state index in [1.807, 2.05) is 35.4 Å². The van der Waals surface area contributed by atoms with E-state index in [4.69, 9.17) is 0 Å². The van der Waals surface area contributed by atoms with Crippen molar-refractivity contribution in [2.75, 3.05) is 20.1 Å². The molecule has 0 spiro atoms. The largest absolute Gasteiger partial charge is 0.361 e. The second-order valence-corrected chi connectivity index (χ2v) is 5.43. The van der Waals surface area contributed by atoms with E-state index in [1.165, 1.54) is 0 Å². The van der Waals surface area contributed by atoms with Crippen LogP contribution in [0.25, 0.3) is 10.9 Å². The third-order valence-corrected chi connectivity index (χ3v) is 4.22. The van der Waals surface area contributed by atoms with Gasteiger partial charge < -0.3 is 15.2 Å². The highest BCUT2D eigenvalue weighted by Gasteiger charge is 2.27. The zero-order valence-electron chi connectivity index (χ0n) is 12.1. The van der Waals surface area contributed by atoms with Crippen molar-refractivity contribution in [2.24, 2.45) is 5.92 Å². The molecule has 110 valence electrons. The predicted octanol–water partition coefficient (Wildman–Crippen LogP) is 1.77. The first-order chi connectivity index (χ1) is 10.2. The Bertz CT molecular complexity index is 669. The number of nitrogens with zero attached hydrogens (tertiary/aromatic N) is 1. The van der Waals surface area contributed by atoms with E-state index in [0.717, 1.165) is 23.7 Å². The summed E-state index contributed by atoms with van der Waals surface area (Å²) in [6, 6.07) is 7.71. The van der Waals surface area contributed by atoms with Crippen molar-refractivity contribution in [2.45, 2.75) is 12.8 Å². The molecule has 0 saturated carbocycles. The van der Waals surface area contributed by atoms with Crippen LogP contribution in [-0.4, -0.2) is 41.8 Å². The molecule has 3 rings (SSSR count). The summed E-state index contributed by atoms with van der Waals surface area (Å²) in [6.45, 7) is 1.27. The zero-order valence-corrected chi connectivity index (χ0v) is 12.1. The fourth-order valence-electron chi connectivity index (χ4n) is 2.98. The van der Waals surface area contributed by atoms with Gasteiger partial charge in [-0.3, -0.25) is 9.59 Å². The van der Waals surface area contributed by atoms with Crippen molar-refractivity contribution < 1.29 is 9.59 Å². The summed E-state index contributed by atoms with van der Waals surface area (Å²) >= 11 is 0. The average molecular weight is 285 g/mol. The molecule has 1 aliphatic rings. The number of aromatic amines is 1.